The molecule has 3 aromatic rings. The second-order valence-corrected chi connectivity index (χ2v) is 7.73. The van der Waals surface area contributed by atoms with Gasteiger partial charge in [0.1, 0.15) is 5.82 Å². The molecular weight excluding hydrogens is 390 g/mol. The molecule has 2 atom stereocenters. The highest BCUT2D eigenvalue weighted by atomic mass is 16.3. The molecule has 0 bridgehead atoms. The van der Waals surface area contributed by atoms with Crippen molar-refractivity contribution >= 4 is 17.4 Å². The maximum atomic E-state index is 12.9. The van der Waals surface area contributed by atoms with E-state index < -0.39 is 11.5 Å². The molecule has 7 heteroatoms. The summed E-state index contributed by atoms with van der Waals surface area (Å²) in [5, 5.41) is 25.6. The molecule has 4 rings (SSSR count). The Labute approximate surface area is 180 Å². The van der Waals surface area contributed by atoms with Gasteiger partial charge in [-0.15, -0.1) is 0 Å². The van der Waals surface area contributed by atoms with Crippen LogP contribution in [0.1, 0.15) is 40.7 Å². The lowest BCUT2D eigenvalue weighted by Crippen LogP contribution is -2.21. The number of benzene rings is 1. The van der Waals surface area contributed by atoms with E-state index in [4.69, 9.17) is 0 Å². The van der Waals surface area contributed by atoms with Gasteiger partial charge in [-0.3, -0.25) is 9.78 Å². The number of pyridine rings is 2. The van der Waals surface area contributed by atoms with E-state index in [1.807, 2.05) is 24.3 Å². The van der Waals surface area contributed by atoms with Crippen LogP contribution in [0.3, 0.4) is 0 Å². The van der Waals surface area contributed by atoms with Gasteiger partial charge in [0.05, 0.1) is 23.2 Å². The molecule has 31 heavy (non-hydrogen) atoms. The number of aliphatic hydroxyl groups is 1. The number of rotatable bonds is 6. The molecule has 0 radical (unpaired) electrons. The van der Waals surface area contributed by atoms with Gasteiger partial charge in [-0.25, -0.2) is 4.98 Å². The molecule has 0 unspecified atom stereocenters. The molecule has 1 amide bonds. The van der Waals surface area contributed by atoms with Gasteiger partial charge in [0, 0.05) is 30.8 Å². The normalized spacial score (nSPS) is 20.1. The molecule has 2 aromatic heterocycles. The average Bonchev–Trinajstić information content (AvgIpc) is 3.21. The van der Waals surface area contributed by atoms with Crippen molar-refractivity contribution in [3.8, 4) is 6.07 Å². The van der Waals surface area contributed by atoms with E-state index in [-0.39, 0.29) is 5.91 Å². The summed E-state index contributed by atoms with van der Waals surface area (Å²) in [6, 6.07) is 16.9. The monoisotopic (exact) mass is 413 g/mol. The first-order valence-electron chi connectivity index (χ1n) is 10.2. The van der Waals surface area contributed by atoms with Crippen LogP contribution in [0.15, 0.2) is 67.1 Å². The quantitative estimate of drug-likeness (QED) is 0.569. The Kier molecular flexibility index (Phi) is 5.92. The molecule has 1 aromatic carbocycles. The van der Waals surface area contributed by atoms with Crippen LogP contribution in [0.4, 0.5) is 11.5 Å². The Morgan fingerprint density at radius 2 is 1.94 bits per heavy atom. The third-order valence-corrected chi connectivity index (χ3v) is 5.66. The number of hydrogen-bond donors (Lipinski definition) is 3. The second-order valence-electron chi connectivity index (χ2n) is 7.73. The third-order valence-electron chi connectivity index (χ3n) is 5.66. The van der Waals surface area contributed by atoms with Crippen molar-refractivity contribution in [3.05, 3.63) is 83.8 Å². The highest BCUT2D eigenvalue weighted by molar-refractivity contribution is 6.07. The molecule has 156 valence electrons. The highest BCUT2D eigenvalue weighted by Crippen LogP contribution is 2.41. The van der Waals surface area contributed by atoms with Crippen LogP contribution in [0.5, 0.6) is 0 Å². The van der Waals surface area contributed by atoms with E-state index in [2.05, 4.69) is 26.7 Å². The number of carbonyl (C=O) groups is 1. The van der Waals surface area contributed by atoms with Gasteiger partial charge in [-0.2, -0.15) is 5.26 Å². The standard InChI is InChI=1S/C24H23N5O2/c25-16-24(10-7-20(30)14-24)18-3-5-19(6-4-18)29-23(31)21-2-1-11-27-22(21)28-15-17-8-12-26-13-9-17/h1-6,8-9,11-13,20,30H,7,10,14-15H2,(H,27,28)(H,29,31)/t20-,24+/m1/s1. The van der Waals surface area contributed by atoms with Crippen molar-refractivity contribution in [1.29, 1.82) is 5.26 Å². The summed E-state index contributed by atoms with van der Waals surface area (Å²) in [7, 11) is 0. The Morgan fingerprint density at radius 3 is 2.61 bits per heavy atom. The average molecular weight is 413 g/mol. The van der Waals surface area contributed by atoms with Crippen LogP contribution in [0.2, 0.25) is 0 Å². The van der Waals surface area contributed by atoms with Gasteiger partial charge in [0.25, 0.3) is 5.91 Å². The van der Waals surface area contributed by atoms with Gasteiger partial charge in [0.2, 0.25) is 0 Å². The maximum Gasteiger partial charge on any atom is 0.259 e. The zero-order valence-electron chi connectivity index (χ0n) is 17.0. The Balaban J connectivity index is 1.46. The van der Waals surface area contributed by atoms with E-state index in [0.717, 1.165) is 11.1 Å². The molecule has 1 fully saturated rings. The largest absolute Gasteiger partial charge is 0.393 e. The van der Waals surface area contributed by atoms with E-state index >= 15 is 0 Å². The van der Waals surface area contributed by atoms with Crippen molar-refractivity contribution in [2.24, 2.45) is 0 Å². The van der Waals surface area contributed by atoms with Gasteiger partial charge < -0.3 is 15.7 Å². The maximum absolute atomic E-state index is 12.9. The number of anilines is 2. The molecule has 0 aliphatic heterocycles. The van der Waals surface area contributed by atoms with Crippen LogP contribution >= 0.6 is 0 Å². The Morgan fingerprint density at radius 1 is 1.16 bits per heavy atom. The summed E-state index contributed by atoms with van der Waals surface area (Å²) in [4.78, 5) is 21.2. The minimum atomic E-state index is -0.657. The first kappa shape index (κ1) is 20.5. The fourth-order valence-electron chi connectivity index (χ4n) is 3.93. The number of nitrogens with zero attached hydrogens (tertiary/aromatic N) is 3. The summed E-state index contributed by atoms with van der Waals surface area (Å²) in [6.45, 7) is 0.524. The van der Waals surface area contributed by atoms with E-state index in [1.165, 1.54) is 0 Å². The van der Waals surface area contributed by atoms with Crippen molar-refractivity contribution in [2.45, 2.75) is 37.3 Å². The first-order valence-corrected chi connectivity index (χ1v) is 10.2. The van der Waals surface area contributed by atoms with Crippen molar-refractivity contribution in [2.75, 3.05) is 10.6 Å². The SMILES string of the molecule is N#C[C@]1(c2ccc(NC(=O)c3cccnc3NCc3ccncc3)cc2)CC[C@@H](O)C1. The van der Waals surface area contributed by atoms with E-state index in [0.29, 0.717) is 42.9 Å². The van der Waals surface area contributed by atoms with Crippen molar-refractivity contribution < 1.29 is 9.90 Å². The minimum absolute atomic E-state index is 0.274. The predicted octanol–water partition coefficient (Wildman–Crippen LogP) is 3.65. The Hall–Kier alpha value is -3.76. The molecule has 1 saturated carbocycles. The number of carbonyl (C=O) groups excluding carboxylic acids is 1. The third kappa shape index (κ3) is 4.55. The molecule has 2 heterocycles. The summed E-state index contributed by atoms with van der Waals surface area (Å²) in [5.41, 5.74) is 2.31. The fraction of sp³-hybridized carbons (Fsp3) is 0.250. The number of amides is 1. The lowest BCUT2D eigenvalue weighted by Gasteiger charge is -2.21. The van der Waals surface area contributed by atoms with Gasteiger partial charge in [0.15, 0.2) is 0 Å². The van der Waals surface area contributed by atoms with E-state index in [9.17, 15) is 15.2 Å². The molecule has 3 N–H and O–H groups in total. The molecule has 0 spiro atoms. The molecule has 0 saturated heterocycles. The lowest BCUT2D eigenvalue weighted by molar-refractivity contribution is 0.102. The van der Waals surface area contributed by atoms with Gasteiger partial charge in [-0.1, -0.05) is 12.1 Å². The number of aromatic nitrogens is 2. The van der Waals surface area contributed by atoms with Crippen LogP contribution in [-0.2, 0) is 12.0 Å². The highest BCUT2D eigenvalue weighted by Gasteiger charge is 2.40. The number of hydrogen-bond acceptors (Lipinski definition) is 6. The summed E-state index contributed by atoms with van der Waals surface area (Å²) in [5.74, 6) is 0.223. The van der Waals surface area contributed by atoms with Crippen LogP contribution in [-0.4, -0.2) is 27.1 Å². The summed E-state index contributed by atoms with van der Waals surface area (Å²) >= 11 is 0. The lowest BCUT2D eigenvalue weighted by atomic mass is 9.80. The van der Waals surface area contributed by atoms with Crippen LogP contribution in [0, 0.1) is 11.3 Å². The van der Waals surface area contributed by atoms with Gasteiger partial charge in [-0.05, 0) is 66.8 Å². The topological polar surface area (TPSA) is 111 Å². The number of nitrogens with one attached hydrogen (secondary N) is 2. The second kappa shape index (κ2) is 8.94. The smallest absolute Gasteiger partial charge is 0.259 e. The van der Waals surface area contributed by atoms with Crippen molar-refractivity contribution in [1.82, 2.24) is 9.97 Å². The molecule has 1 aliphatic carbocycles. The number of nitriles is 1. The van der Waals surface area contributed by atoms with E-state index in [1.54, 1.807) is 42.9 Å². The Bertz CT molecular complexity index is 1090. The van der Waals surface area contributed by atoms with Crippen LogP contribution in [0.25, 0.3) is 0 Å². The number of aliphatic hydroxyl groups excluding tert-OH is 1. The molecular formula is C24H23N5O2. The van der Waals surface area contributed by atoms with Crippen molar-refractivity contribution in [3.63, 3.8) is 0 Å². The summed E-state index contributed by atoms with van der Waals surface area (Å²) in [6.07, 6.45) is 6.34. The first-order chi connectivity index (χ1) is 15.1. The van der Waals surface area contributed by atoms with Gasteiger partial charge >= 0.3 is 0 Å². The zero-order valence-corrected chi connectivity index (χ0v) is 17.0. The summed E-state index contributed by atoms with van der Waals surface area (Å²) < 4.78 is 0. The minimum Gasteiger partial charge on any atom is -0.393 e. The molecule has 7 nitrogen and oxygen atoms in total. The fourth-order valence-corrected chi connectivity index (χ4v) is 3.93. The van der Waals surface area contributed by atoms with Crippen LogP contribution < -0.4 is 10.6 Å². The molecule has 1 aliphatic rings. The zero-order chi connectivity index (χ0) is 21.7. The predicted molar refractivity (Wildman–Crippen MR) is 117 cm³/mol.